The standard InChI is InChI=1S/C13H18N4O5/c14-10-3-1-9(2-4-10)6-22-13(20)16-5-12(19)17-8-21-7-11(15)18/h1-4H,5-8,14H2,(H2,15,18)(H,16,20)(H,17,19). The van der Waals surface area contributed by atoms with Crippen LogP contribution in [0.3, 0.4) is 0 Å². The van der Waals surface area contributed by atoms with Crippen LogP contribution in [0.5, 0.6) is 0 Å². The van der Waals surface area contributed by atoms with Crippen LogP contribution in [0.15, 0.2) is 24.3 Å². The van der Waals surface area contributed by atoms with E-state index in [1.54, 1.807) is 24.3 Å². The van der Waals surface area contributed by atoms with Crippen molar-refractivity contribution in [2.45, 2.75) is 6.61 Å². The van der Waals surface area contributed by atoms with Gasteiger partial charge in [0.25, 0.3) is 0 Å². The van der Waals surface area contributed by atoms with Gasteiger partial charge in [0, 0.05) is 5.69 Å². The van der Waals surface area contributed by atoms with Crippen molar-refractivity contribution in [1.82, 2.24) is 10.6 Å². The van der Waals surface area contributed by atoms with E-state index >= 15 is 0 Å². The molecule has 0 aromatic heterocycles. The Morgan fingerprint density at radius 2 is 1.77 bits per heavy atom. The average Bonchev–Trinajstić information content (AvgIpc) is 2.48. The predicted molar refractivity (Wildman–Crippen MR) is 77.2 cm³/mol. The van der Waals surface area contributed by atoms with E-state index in [-0.39, 0.29) is 26.5 Å². The summed E-state index contributed by atoms with van der Waals surface area (Å²) in [6.07, 6.45) is -0.731. The Hall–Kier alpha value is -2.81. The number of ether oxygens (including phenoxy) is 2. The second-order valence-corrected chi connectivity index (χ2v) is 4.23. The summed E-state index contributed by atoms with van der Waals surface area (Å²) in [7, 11) is 0. The molecule has 0 aliphatic carbocycles. The Morgan fingerprint density at radius 3 is 2.41 bits per heavy atom. The van der Waals surface area contributed by atoms with Gasteiger partial charge in [0.2, 0.25) is 11.8 Å². The fourth-order valence-corrected chi connectivity index (χ4v) is 1.31. The molecule has 22 heavy (non-hydrogen) atoms. The highest BCUT2D eigenvalue weighted by molar-refractivity contribution is 5.82. The van der Waals surface area contributed by atoms with Gasteiger partial charge in [-0.1, -0.05) is 12.1 Å². The molecular weight excluding hydrogens is 292 g/mol. The van der Waals surface area contributed by atoms with Crippen molar-refractivity contribution < 1.29 is 23.9 Å². The summed E-state index contributed by atoms with van der Waals surface area (Å²) in [5.74, 6) is -1.13. The van der Waals surface area contributed by atoms with Gasteiger partial charge in [-0.3, -0.25) is 9.59 Å². The smallest absolute Gasteiger partial charge is 0.407 e. The summed E-state index contributed by atoms with van der Waals surface area (Å²) in [4.78, 5) is 33.1. The van der Waals surface area contributed by atoms with E-state index in [1.807, 2.05) is 0 Å². The number of hydrogen-bond donors (Lipinski definition) is 4. The van der Waals surface area contributed by atoms with Gasteiger partial charge in [-0.2, -0.15) is 0 Å². The quantitative estimate of drug-likeness (QED) is 0.277. The Balaban J connectivity index is 2.13. The maximum Gasteiger partial charge on any atom is 0.407 e. The summed E-state index contributed by atoms with van der Waals surface area (Å²) in [5.41, 5.74) is 11.8. The number of anilines is 1. The number of benzene rings is 1. The van der Waals surface area contributed by atoms with Crippen LogP contribution in [-0.2, 0) is 25.7 Å². The molecule has 0 heterocycles. The molecule has 0 fully saturated rings. The van der Waals surface area contributed by atoms with Crippen LogP contribution in [-0.4, -0.2) is 37.8 Å². The van der Waals surface area contributed by atoms with Gasteiger partial charge < -0.3 is 31.6 Å². The third-order valence-electron chi connectivity index (χ3n) is 2.36. The predicted octanol–water partition coefficient (Wildman–Crippen LogP) is -0.929. The fraction of sp³-hybridized carbons (Fsp3) is 0.308. The molecule has 3 amide bonds. The van der Waals surface area contributed by atoms with Gasteiger partial charge in [-0.25, -0.2) is 4.79 Å². The van der Waals surface area contributed by atoms with Crippen LogP contribution in [0.4, 0.5) is 10.5 Å². The van der Waals surface area contributed by atoms with Gasteiger partial charge in [0.05, 0.1) is 0 Å². The molecule has 0 unspecified atom stereocenters. The van der Waals surface area contributed by atoms with E-state index < -0.39 is 17.9 Å². The average molecular weight is 310 g/mol. The Labute approximate surface area is 126 Å². The maximum absolute atomic E-state index is 11.4. The first kappa shape index (κ1) is 17.2. The van der Waals surface area contributed by atoms with Gasteiger partial charge in [-0.15, -0.1) is 0 Å². The molecule has 0 atom stereocenters. The Morgan fingerprint density at radius 1 is 1.09 bits per heavy atom. The minimum absolute atomic E-state index is 0.0649. The highest BCUT2D eigenvalue weighted by atomic mass is 16.5. The summed E-state index contributed by atoms with van der Waals surface area (Å²) in [5, 5.41) is 4.59. The number of alkyl carbamates (subject to hydrolysis) is 1. The van der Waals surface area contributed by atoms with Gasteiger partial charge in [0.15, 0.2) is 0 Å². The van der Waals surface area contributed by atoms with E-state index in [0.29, 0.717) is 5.69 Å². The fourth-order valence-electron chi connectivity index (χ4n) is 1.31. The van der Waals surface area contributed by atoms with E-state index in [0.717, 1.165) is 5.56 Å². The van der Waals surface area contributed by atoms with E-state index in [2.05, 4.69) is 10.6 Å². The molecule has 9 nitrogen and oxygen atoms in total. The molecule has 0 saturated heterocycles. The van der Waals surface area contributed by atoms with E-state index in [9.17, 15) is 14.4 Å². The summed E-state index contributed by atoms with van der Waals surface area (Å²) >= 11 is 0. The molecule has 1 aromatic rings. The topological polar surface area (TPSA) is 146 Å². The molecule has 0 aliphatic heterocycles. The van der Waals surface area contributed by atoms with Gasteiger partial charge in [-0.05, 0) is 17.7 Å². The molecule has 0 radical (unpaired) electrons. The minimum atomic E-state index is -0.731. The minimum Gasteiger partial charge on any atom is -0.445 e. The second kappa shape index (κ2) is 9.19. The SMILES string of the molecule is NC(=O)COCNC(=O)CNC(=O)OCc1ccc(N)cc1. The highest BCUT2D eigenvalue weighted by Gasteiger charge is 2.06. The molecule has 0 saturated carbocycles. The highest BCUT2D eigenvalue weighted by Crippen LogP contribution is 2.06. The van der Waals surface area contributed by atoms with E-state index in [4.69, 9.17) is 20.9 Å². The van der Waals surface area contributed by atoms with Crippen LogP contribution in [0.2, 0.25) is 0 Å². The number of carbonyl (C=O) groups is 3. The normalized spacial score (nSPS) is 9.82. The Kier molecular flexibility index (Phi) is 7.20. The molecule has 0 aliphatic rings. The van der Waals surface area contributed by atoms with Crippen molar-refractivity contribution in [2.75, 3.05) is 25.6 Å². The van der Waals surface area contributed by atoms with Crippen LogP contribution in [0, 0.1) is 0 Å². The van der Waals surface area contributed by atoms with E-state index in [1.165, 1.54) is 0 Å². The van der Waals surface area contributed by atoms with Crippen molar-refractivity contribution in [3.05, 3.63) is 29.8 Å². The zero-order valence-corrected chi connectivity index (χ0v) is 11.8. The number of hydrogen-bond acceptors (Lipinski definition) is 6. The zero-order chi connectivity index (χ0) is 16.4. The van der Waals surface area contributed by atoms with Crippen LogP contribution < -0.4 is 22.1 Å². The molecular formula is C13H18N4O5. The molecule has 1 rings (SSSR count). The lowest BCUT2D eigenvalue weighted by Gasteiger charge is -2.08. The Bertz CT molecular complexity index is 518. The van der Waals surface area contributed by atoms with Crippen LogP contribution in [0.1, 0.15) is 5.56 Å². The second-order valence-electron chi connectivity index (χ2n) is 4.23. The first-order valence-corrected chi connectivity index (χ1v) is 6.35. The largest absolute Gasteiger partial charge is 0.445 e. The van der Waals surface area contributed by atoms with Crippen LogP contribution >= 0.6 is 0 Å². The lowest BCUT2D eigenvalue weighted by Crippen LogP contribution is -2.38. The molecule has 0 spiro atoms. The number of rotatable bonds is 8. The molecule has 9 heteroatoms. The number of primary amides is 1. The zero-order valence-electron chi connectivity index (χ0n) is 11.8. The molecule has 0 bridgehead atoms. The number of carbonyl (C=O) groups excluding carboxylic acids is 3. The van der Waals surface area contributed by atoms with Crippen LogP contribution in [0.25, 0.3) is 0 Å². The summed E-state index contributed by atoms with van der Waals surface area (Å²) < 4.78 is 9.64. The van der Waals surface area contributed by atoms with Crippen molar-refractivity contribution in [3.8, 4) is 0 Å². The summed E-state index contributed by atoms with van der Waals surface area (Å²) in [6.45, 7) is -0.683. The first-order chi connectivity index (χ1) is 10.5. The van der Waals surface area contributed by atoms with Gasteiger partial charge in [0.1, 0.15) is 26.5 Å². The maximum atomic E-state index is 11.4. The molecule has 1 aromatic carbocycles. The van der Waals surface area contributed by atoms with Crippen molar-refractivity contribution in [2.24, 2.45) is 5.73 Å². The number of amides is 3. The van der Waals surface area contributed by atoms with Crippen molar-refractivity contribution in [3.63, 3.8) is 0 Å². The number of nitrogens with one attached hydrogen (secondary N) is 2. The first-order valence-electron chi connectivity index (χ1n) is 6.35. The molecule has 6 N–H and O–H groups in total. The molecule has 120 valence electrons. The van der Waals surface area contributed by atoms with Crippen molar-refractivity contribution >= 4 is 23.6 Å². The summed E-state index contributed by atoms with van der Waals surface area (Å²) in [6, 6.07) is 6.84. The number of nitrogens with two attached hydrogens (primary N) is 2. The number of nitrogen functional groups attached to an aromatic ring is 1. The monoisotopic (exact) mass is 310 g/mol. The third kappa shape index (κ3) is 7.70. The van der Waals surface area contributed by atoms with Crippen molar-refractivity contribution in [1.29, 1.82) is 0 Å². The lowest BCUT2D eigenvalue weighted by molar-refractivity contribution is -0.126. The third-order valence-corrected chi connectivity index (χ3v) is 2.36. The van der Waals surface area contributed by atoms with Gasteiger partial charge >= 0.3 is 6.09 Å². The lowest BCUT2D eigenvalue weighted by atomic mass is 10.2.